The van der Waals surface area contributed by atoms with Gasteiger partial charge in [-0.2, -0.15) is 0 Å². The molecular formula is C19H20Cl2FN3OS. The molecule has 144 valence electrons. The number of thiocarbonyl (C=S) groups is 1. The summed E-state index contributed by atoms with van der Waals surface area (Å²) in [6, 6.07) is 9.90. The smallest absolute Gasteiger partial charge is 0.173 e. The molecule has 27 heavy (non-hydrogen) atoms. The van der Waals surface area contributed by atoms with Crippen LogP contribution in [-0.2, 0) is 6.54 Å². The summed E-state index contributed by atoms with van der Waals surface area (Å²) in [5.41, 5.74) is 1.67. The van der Waals surface area contributed by atoms with Gasteiger partial charge in [-0.15, -0.1) is 0 Å². The maximum Gasteiger partial charge on any atom is 0.173 e. The van der Waals surface area contributed by atoms with Crippen molar-refractivity contribution in [2.75, 3.05) is 38.6 Å². The fraction of sp³-hybridized carbons (Fsp3) is 0.316. The van der Waals surface area contributed by atoms with Crippen molar-refractivity contribution in [2.24, 2.45) is 0 Å². The SMILES string of the molecule is COc1ccc(Cl)cc1NC(=S)N1CCN(Cc2ccc(F)cc2Cl)CC1. The van der Waals surface area contributed by atoms with E-state index >= 15 is 0 Å². The summed E-state index contributed by atoms with van der Waals surface area (Å²) in [6.07, 6.45) is 0. The number of halogens is 3. The van der Waals surface area contributed by atoms with E-state index in [1.54, 1.807) is 31.4 Å². The molecule has 0 unspecified atom stereocenters. The molecular weight excluding hydrogens is 408 g/mol. The first-order valence-corrected chi connectivity index (χ1v) is 9.68. The van der Waals surface area contributed by atoms with E-state index < -0.39 is 0 Å². The highest BCUT2D eigenvalue weighted by molar-refractivity contribution is 7.80. The third-order valence-corrected chi connectivity index (χ3v) is 5.42. The molecule has 4 nitrogen and oxygen atoms in total. The van der Waals surface area contributed by atoms with E-state index in [1.807, 2.05) is 0 Å². The van der Waals surface area contributed by atoms with Crippen LogP contribution in [-0.4, -0.2) is 48.2 Å². The lowest BCUT2D eigenvalue weighted by Gasteiger charge is -2.36. The van der Waals surface area contributed by atoms with Crippen LogP contribution in [0.5, 0.6) is 5.75 Å². The number of nitrogens with zero attached hydrogens (tertiary/aromatic N) is 2. The molecule has 2 aromatic carbocycles. The van der Waals surface area contributed by atoms with Crippen LogP contribution in [0.1, 0.15) is 5.56 Å². The van der Waals surface area contributed by atoms with Gasteiger partial charge in [-0.05, 0) is 48.1 Å². The Balaban J connectivity index is 1.56. The van der Waals surface area contributed by atoms with Gasteiger partial charge in [0.25, 0.3) is 0 Å². The number of anilines is 1. The van der Waals surface area contributed by atoms with Gasteiger partial charge in [-0.1, -0.05) is 29.3 Å². The van der Waals surface area contributed by atoms with Gasteiger partial charge < -0.3 is 15.0 Å². The van der Waals surface area contributed by atoms with E-state index in [9.17, 15) is 4.39 Å². The second-order valence-corrected chi connectivity index (χ2v) is 7.50. The molecule has 1 fully saturated rings. The van der Waals surface area contributed by atoms with Gasteiger partial charge in [-0.25, -0.2) is 4.39 Å². The molecule has 0 amide bonds. The van der Waals surface area contributed by atoms with Crippen molar-refractivity contribution in [3.8, 4) is 5.75 Å². The molecule has 0 saturated carbocycles. The zero-order valence-corrected chi connectivity index (χ0v) is 17.2. The molecule has 0 radical (unpaired) electrons. The van der Waals surface area contributed by atoms with E-state index in [4.69, 9.17) is 40.2 Å². The summed E-state index contributed by atoms with van der Waals surface area (Å²) in [5.74, 6) is 0.368. The minimum Gasteiger partial charge on any atom is -0.495 e. The largest absolute Gasteiger partial charge is 0.495 e. The van der Waals surface area contributed by atoms with Gasteiger partial charge in [0, 0.05) is 42.8 Å². The summed E-state index contributed by atoms with van der Waals surface area (Å²) >= 11 is 17.7. The van der Waals surface area contributed by atoms with E-state index in [0.29, 0.717) is 27.5 Å². The highest BCUT2D eigenvalue weighted by Gasteiger charge is 2.20. The minimum absolute atomic E-state index is 0.318. The molecule has 8 heteroatoms. The Hall–Kier alpha value is -1.60. The summed E-state index contributed by atoms with van der Waals surface area (Å²) in [4.78, 5) is 4.39. The molecule has 1 aliphatic heterocycles. The second kappa shape index (κ2) is 9.06. The van der Waals surface area contributed by atoms with Gasteiger partial charge in [0.2, 0.25) is 0 Å². The molecule has 0 spiro atoms. The zero-order valence-electron chi connectivity index (χ0n) is 14.8. The fourth-order valence-electron chi connectivity index (χ4n) is 2.97. The summed E-state index contributed by atoms with van der Waals surface area (Å²) in [6.45, 7) is 3.93. The van der Waals surface area contributed by atoms with Crippen molar-refractivity contribution >= 4 is 46.2 Å². The number of ether oxygens (including phenoxy) is 1. The normalized spacial score (nSPS) is 14.9. The molecule has 3 rings (SSSR count). The molecule has 1 aliphatic rings. The van der Waals surface area contributed by atoms with Crippen molar-refractivity contribution in [1.82, 2.24) is 9.80 Å². The van der Waals surface area contributed by atoms with Crippen LogP contribution < -0.4 is 10.1 Å². The first kappa shape index (κ1) is 20.1. The Labute approximate surface area is 173 Å². The Bertz CT molecular complexity index is 829. The maximum absolute atomic E-state index is 13.2. The standard InChI is InChI=1S/C19H20Cl2FN3OS/c1-26-18-5-3-14(20)10-17(18)23-19(27)25-8-6-24(7-9-25)12-13-2-4-15(22)11-16(13)21/h2-5,10-11H,6-9,12H2,1H3,(H,23,27). The number of benzene rings is 2. The quantitative estimate of drug-likeness (QED) is 0.716. The van der Waals surface area contributed by atoms with Gasteiger partial charge in [0.05, 0.1) is 12.8 Å². The lowest BCUT2D eigenvalue weighted by molar-refractivity contribution is 0.177. The van der Waals surface area contributed by atoms with E-state index in [2.05, 4.69) is 15.1 Å². The molecule has 2 aromatic rings. The van der Waals surface area contributed by atoms with E-state index in [0.717, 1.165) is 37.4 Å². The molecule has 0 aromatic heterocycles. The highest BCUT2D eigenvalue weighted by atomic mass is 35.5. The highest BCUT2D eigenvalue weighted by Crippen LogP contribution is 2.28. The van der Waals surface area contributed by atoms with Gasteiger partial charge in [0.1, 0.15) is 11.6 Å². The maximum atomic E-state index is 13.2. The van der Waals surface area contributed by atoms with Crippen molar-refractivity contribution in [3.05, 3.63) is 57.8 Å². The van der Waals surface area contributed by atoms with Gasteiger partial charge in [-0.3, -0.25) is 4.90 Å². The molecule has 1 saturated heterocycles. The Kier molecular flexibility index (Phi) is 6.76. The average Bonchev–Trinajstić information content (AvgIpc) is 2.65. The third kappa shape index (κ3) is 5.23. The van der Waals surface area contributed by atoms with Crippen LogP contribution in [0.2, 0.25) is 10.0 Å². The van der Waals surface area contributed by atoms with Crippen LogP contribution in [0, 0.1) is 5.82 Å². The Morgan fingerprint density at radius 3 is 2.56 bits per heavy atom. The van der Waals surface area contributed by atoms with Crippen molar-refractivity contribution in [1.29, 1.82) is 0 Å². The first-order valence-electron chi connectivity index (χ1n) is 8.52. The summed E-state index contributed by atoms with van der Waals surface area (Å²) < 4.78 is 18.5. The average molecular weight is 428 g/mol. The zero-order chi connectivity index (χ0) is 19.4. The number of rotatable bonds is 4. The van der Waals surface area contributed by atoms with Gasteiger partial charge in [0.15, 0.2) is 5.11 Å². The lowest BCUT2D eigenvalue weighted by Crippen LogP contribution is -2.49. The molecule has 1 N–H and O–H groups in total. The predicted molar refractivity (Wildman–Crippen MR) is 112 cm³/mol. The summed E-state index contributed by atoms with van der Waals surface area (Å²) in [5, 5.41) is 4.93. The van der Waals surface area contributed by atoms with Crippen LogP contribution in [0.3, 0.4) is 0 Å². The monoisotopic (exact) mass is 427 g/mol. The lowest BCUT2D eigenvalue weighted by atomic mass is 10.2. The first-order chi connectivity index (χ1) is 13.0. The minimum atomic E-state index is -0.318. The van der Waals surface area contributed by atoms with Crippen molar-refractivity contribution in [3.63, 3.8) is 0 Å². The third-order valence-electron chi connectivity index (χ3n) is 4.47. The number of piperazine rings is 1. The van der Waals surface area contributed by atoms with Crippen molar-refractivity contribution in [2.45, 2.75) is 6.54 Å². The number of hydrogen-bond acceptors (Lipinski definition) is 3. The Morgan fingerprint density at radius 1 is 1.15 bits per heavy atom. The second-order valence-electron chi connectivity index (χ2n) is 6.27. The van der Waals surface area contributed by atoms with Crippen LogP contribution in [0.25, 0.3) is 0 Å². The van der Waals surface area contributed by atoms with E-state index in [-0.39, 0.29) is 5.82 Å². The van der Waals surface area contributed by atoms with Gasteiger partial charge >= 0.3 is 0 Å². The molecule has 1 heterocycles. The predicted octanol–water partition coefficient (Wildman–Crippen LogP) is 4.66. The molecule has 0 atom stereocenters. The van der Waals surface area contributed by atoms with Crippen LogP contribution in [0.15, 0.2) is 36.4 Å². The molecule has 0 aliphatic carbocycles. The number of hydrogen-bond donors (Lipinski definition) is 1. The fourth-order valence-corrected chi connectivity index (χ4v) is 3.66. The van der Waals surface area contributed by atoms with Crippen LogP contribution in [0.4, 0.5) is 10.1 Å². The molecule has 0 bridgehead atoms. The Morgan fingerprint density at radius 2 is 1.89 bits per heavy atom. The summed E-state index contributed by atoms with van der Waals surface area (Å²) in [7, 11) is 1.61. The number of nitrogens with one attached hydrogen (secondary N) is 1. The van der Waals surface area contributed by atoms with E-state index in [1.165, 1.54) is 12.1 Å². The number of methoxy groups -OCH3 is 1. The topological polar surface area (TPSA) is 27.7 Å². The van der Waals surface area contributed by atoms with Crippen LogP contribution >= 0.6 is 35.4 Å². The van der Waals surface area contributed by atoms with Crippen molar-refractivity contribution < 1.29 is 9.13 Å².